The number of nitrogens with one attached hydrogen (secondary N) is 1. The van der Waals surface area contributed by atoms with Crippen molar-refractivity contribution in [2.45, 2.75) is 57.6 Å². The molecule has 0 saturated carbocycles. The van der Waals surface area contributed by atoms with Gasteiger partial charge in [0.15, 0.2) is 0 Å². The summed E-state index contributed by atoms with van der Waals surface area (Å²) in [4.78, 5) is 27.0. The van der Waals surface area contributed by atoms with Gasteiger partial charge in [-0.05, 0) is 31.4 Å². The van der Waals surface area contributed by atoms with Crippen LogP contribution in [0.25, 0.3) is 0 Å². The summed E-state index contributed by atoms with van der Waals surface area (Å²) < 4.78 is 10.3. The van der Waals surface area contributed by atoms with Crippen LogP contribution in [-0.4, -0.2) is 49.2 Å². The number of alkyl carbamates (subject to hydrolysis) is 1. The number of carbonyl (C=O) groups is 2. The molecule has 1 aliphatic rings. The lowest BCUT2D eigenvalue weighted by molar-refractivity contribution is -0.150. The third-order valence-electron chi connectivity index (χ3n) is 5.17. The van der Waals surface area contributed by atoms with Crippen molar-refractivity contribution < 1.29 is 19.1 Å². The highest BCUT2D eigenvalue weighted by molar-refractivity contribution is 5.85. The summed E-state index contributed by atoms with van der Waals surface area (Å²) in [7, 11) is 1.36. The summed E-state index contributed by atoms with van der Waals surface area (Å²) in [6.07, 6.45) is 5.38. The molecule has 0 unspecified atom stereocenters. The quantitative estimate of drug-likeness (QED) is 0.528. The molecule has 1 fully saturated rings. The fourth-order valence-electron chi connectivity index (χ4n) is 3.45. The van der Waals surface area contributed by atoms with Crippen molar-refractivity contribution in [1.82, 2.24) is 10.2 Å². The Bertz CT molecular complexity index is 583. The zero-order valence-corrected chi connectivity index (χ0v) is 16.5. The molecule has 1 aromatic carbocycles. The van der Waals surface area contributed by atoms with Crippen molar-refractivity contribution >= 4 is 12.1 Å². The summed E-state index contributed by atoms with van der Waals surface area (Å²) in [5.74, 6) is -0.398. The number of ether oxygens (including phenoxy) is 2. The highest BCUT2D eigenvalue weighted by Crippen LogP contribution is 2.24. The van der Waals surface area contributed by atoms with Gasteiger partial charge in [-0.2, -0.15) is 0 Å². The van der Waals surface area contributed by atoms with E-state index in [2.05, 4.69) is 17.1 Å². The first-order chi connectivity index (χ1) is 13.1. The van der Waals surface area contributed by atoms with E-state index in [4.69, 9.17) is 9.47 Å². The van der Waals surface area contributed by atoms with Crippen LogP contribution in [-0.2, 0) is 20.9 Å². The summed E-state index contributed by atoms with van der Waals surface area (Å²) in [6, 6.07) is 9.47. The number of nitrogens with zero attached hydrogens (tertiary/aromatic N) is 1. The molecular weight excluding hydrogens is 344 g/mol. The number of esters is 1. The Morgan fingerprint density at radius 1 is 1.11 bits per heavy atom. The Kier molecular flexibility index (Phi) is 8.58. The Hall–Kier alpha value is -2.08. The predicted octanol–water partition coefficient (Wildman–Crippen LogP) is 3.50. The topological polar surface area (TPSA) is 67.9 Å². The van der Waals surface area contributed by atoms with Gasteiger partial charge in [-0.3, -0.25) is 0 Å². The van der Waals surface area contributed by atoms with Crippen LogP contribution in [0.4, 0.5) is 4.79 Å². The first kappa shape index (κ1) is 21.2. The standard InChI is InChI=1S/C21H32N2O4/c1-3-4-5-9-14-23-15-12-21(13-16-23,19(24)26-2)22-20(25)27-17-18-10-7-6-8-11-18/h6-8,10-11H,3-5,9,12-17H2,1-2H3,(H,22,25). The lowest BCUT2D eigenvalue weighted by atomic mass is 9.87. The minimum absolute atomic E-state index is 0.174. The lowest BCUT2D eigenvalue weighted by Crippen LogP contribution is -2.60. The van der Waals surface area contributed by atoms with Gasteiger partial charge in [0, 0.05) is 13.1 Å². The number of methoxy groups -OCH3 is 1. The number of rotatable bonds is 9. The van der Waals surface area contributed by atoms with Crippen molar-refractivity contribution in [2.75, 3.05) is 26.7 Å². The number of carbonyl (C=O) groups excluding carboxylic acids is 2. The average Bonchev–Trinajstić information content (AvgIpc) is 2.71. The number of piperidine rings is 1. The molecule has 27 heavy (non-hydrogen) atoms. The van der Waals surface area contributed by atoms with Crippen LogP contribution in [0.5, 0.6) is 0 Å². The van der Waals surface area contributed by atoms with Crippen LogP contribution in [0.15, 0.2) is 30.3 Å². The molecule has 150 valence electrons. The molecule has 0 bridgehead atoms. The van der Waals surface area contributed by atoms with Gasteiger partial charge in [-0.25, -0.2) is 9.59 Å². The van der Waals surface area contributed by atoms with Gasteiger partial charge in [0.1, 0.15) is 12.1 Å². The molecule has 1 heterocycles. The van der Waals surface area contributed by atoms with Crippen molar-refractivity contribution in [2.24, 2.45) is 0 Å². The maximum absolute atomic E-state index is 12.4. The highest BCUT2D eigenvalue weighted by atomic mass is 16.6. The molecule has 1 amide bonds. The van der Waals surface area contributed by atoms with Crippen LogP contribution in [0.2, 0.25) is 0 Å². The van der Waals surface area contributed by atoms with E-state index in [1.165, 1.54) is 32.8 Å². The molecule has 0 spiro atoms. The summed E-state index contributed by atoms with van der Waals surface area (Å²) >= 11 is 0. The number of hydrogen-bond donors (Lipinski definition) is 1. The molecule has 6 heteroatoms. The minimum Gasteiger partial charge on any atom is -0.467 e. The molecule has 1 saturated heterocycles. The molecule has 0 aromatic heterocycles. The Labute approximate surface area is 162 Å². The highest BCUT2D eigenvalue weighted by Gasteiger charge is 2.44. The normalized spacial score (nSPS) is 16.5. The zero-order valence-electron chi connectivity index (χ0n) is 16.5. The first-order valence-corrected chi connectivity index (χ1v) is 9.89. The van der Waals surface area contributed by atoms with Gasteiger partial charge >= 0.3 is 12.1 Å². The van der Waals surface area contributed by atoms with Crippen molar-refractivity contribution in [3.63, 3.8) is 0 Å². The summed E-state index contributed by atoms with van der Waals surface area (Å²) in [5.41, 5.74) is -0.0933. The Balaban J connectivity index is 1.85. The van der Waals surface area contributed by atoms with E-state index in [1.54, 1.807) is 0 Å². The van der Waals surface area contributed by atoms with Crippen molar-refractivity contribution in [3.8, 4) is 0 Å². The van der Waals surface area contributed by atoms with Crippen molar-refractivity contribution in [1.29, 1.82) is 0 Å². The van der Waals surface area contributed by atoms with Crippen LogP contribution in [0.3, 0.4) is 0 Å². The number of benzene rings is 1. The third-order valence-corrected chi connectivity index (χ3v) is 5.17. The van der Waals surface area contributed by atoms with E-state index >= 15 is 0 Å². The van der Waals surface area contributed by atoms with Crippen LogP contribution in [0, 0.1) is 0 Å². The second-order valence-corrected chi connectivity index (χ2v) is 7.16. The van der Waals surface area contributed by atoms with Crippen LogP contribution in [0.1, 0.15) is 51.0 Å². The number of likely N-dealkylation sites (tertiary alicyclic amines) is 1. The maximum atomic E-state index is 12.4. The molecule has 1 aliphatic heterocycles. The van der Waals surface area contributed by atoms with E-state index in [0.717, 1.165) is 25.2 Å². The summed E-state index contributed by atoms with van der Waals surface area (Å²) in [5, 5.41) is 2.79. The summed E-state index contributed by atoms with van der Waals surface area (Å²) in [6.45, 7) is 4.94. The zero-order chi connectivity index (χ0) is 19.5. The monoisotopic (exact) mass is 376 g/mol. The molecule has 0 radical (unpaired) electrons. The molecule has 2 rings (SSSR count). The smallest absolute Gasteiger partial charge is 0.408 e. The Morgan fingerprint density at radius 3 is 2.44 bits per heavy atom. The van der Waals surface area contributed by atoms with Crippen LogP contribution < -0.4 is 5.32 Å². The van der Waals surface area contributed by atoms with E-state index in [1.807, 2.05) is 30.3 Å². The van der Waals surface area contributed by atoms with E-state index in [-0.39, 0.29) is 6.61 Å². The second kappa shape index (κ2) is 10.9. The number of amides is 1. The van der Waals surface area contributed by atoms with Gasteiger partial charge in [-0.1, -0.05) is 56.5 Å². The number of hydrogen-bond acceptors (Lipinski definition) is 5. The average molecular weight is 376 g/mol. The number of unbranched alkanes of at least 4 members (excludes halogenated alkanes) is 3. The molecule has 1 N–H and O–H groups in total. The van der Waals surface area contributed by atoms with E-state index in [0.29, 0.717) is 12.8 Å². The van der Waals surface area contributed by atoms with Gasteiger partial charge in [-0.15, -0.1) is 0 Å². The minimum atomic E-state index is -0.998. The molecule has 0 atom stereocenters. The SMILES string of the molecule is CCCCCCN1CCC(NC(=O)OCc2ccccc2)(C(=O)OC)CC1. The molecule has 1 aromatic rings. The van der Waals surface area contributed by atoms with Crippen molar-refractivity contribution in [3.05, 3.63) is 35.9 Å². The third kappa shape index (κ3) is 6.54. The first-order valence-electron chi connectivity index (χ1n) is 9.89. The maximum Gasteiger partial charge on any atom is 0.408 e. The second-order valence-electron chi connectivity index (χ2n) is 7.16. The fourth-order valence-corrected chi connectivity index (χ4v) is 3.45. The van der Waals surface area contributed by atoms with Gasteiger partial charge < -0.3 is 19.7 Å². The largest absolute Gasteiger partial charge is 0.467 e. The van der Waals surface area contributed by atoms with E-state index in [9.17, 15) is 9.59 Å². The Morgan fingerprint density at radius 2 is 1.81 bits per heavy atom. The van der Waals surface area contributed by atoms with Gasteiger partial charge in [0.2, 0.25) is 0 Å². The molecule has 0 aliphatic carbocycles. The van der Waals surface area contributed by atoms with E-state index < -0.39 is 17.6 Å². The molecule has 6 nitrogen and oxygen atoms in total. The fraction of sp³-hybridized carbons (Fsp3) is 0.619. The van der Waals surface area contributed by atoms with Gasteiger partial charge in [0.05, 0.1) is 7.11 Å². The predicted molar refractivity (Wildman–Crippen MR) is 104 cm³/mol. The van der Waals surface area contributed by atoms with Gasteiger partial charge in [0.25, 0.3) is 0 Å². The van der Waals surface area contributed by atoms with Crippen LogP contribution >= 0.6 is 0 Å². The lowest BCUT2D eigenvalue weighted by Gasteiger charge is -2.39. The molecular formula is C21H32N2O4.